The van der Waals surface area contributed by atoms with Gasteiger partial charge in [0.2, 0.25) is 10.0 Å². The van der Waals surface area contributed by atoms with Crippen molar-refractivity contribution in [3.8, 4) is 0 Å². The summed E-state index contributed by atoms with van der Waals surface area (Å²) < 4.78 is 25.3. The van der Waals surface area contributed by atoms with E-state index in [1.807, 2.05) is 6.92 Å². The van der Waals surface area contributed by atoms with E-state index >= 15 is 0 Å². The topological polar surface area (TPSA) is 89.0 Å². The van der Waals surface area contributed by atoms with Crippen LogP contribution in [0, 0.1) is 6.92 Å². The van der Waals surface area contributed by atoms with Crippen LogP contribution in [0.3, 0.4) is 0 Å². The summed E-state index contributed by atoms with van der Waals surface area (Å²) in [6.07, 6.45) is 1.08. The number of sulfonamides is 1. The predicted molar refractivity (Wildman–Crippen MR) is 84.6 cm³/mol. The summed E-state index contributed by atoms with van der Waals surface area (Å²) in [6, 6.07) is 6.33. The van der Waals surface area contributed by atoms with Gasteiger partial charge in [0.1, 0.15) is 5.01 Å². The van der Waals surface area contributed by atoms with Crippen LogP contribution in [0.4, 0.5) is 5.69 Å². The number of carbonyl (C=O) groups excluding carboxylic acids is 1. The maximum absolute atomic E-state index is 12.0. The number of aryl methyl sites for hydroxylation is 1. The van der Waals surface area contributed by atoms with Gasteiger partial charge < -0.3 is 0 Å². The summed E-state index contributed by atoms with van der Waals surface area (Å²) >= 11 is 2.79. The monoisotopic (exact) mass is 343 g/mol. The molecule has 0 fully saturated rings. The van der Waals surface area contributed by atoms with Crippen LogP contribution in [0.2, 0.25) is 0 Å². The number of thioether (sulfide) groups is 1. The van der Waals surface area contributed by atoms with Gasteiger partial charge in [-0.3, -0.25) is 9.52 Å². The third-order valence-electron chi connectivity index (χ3n) is 2.34. The lowest BCUT2D eigenvalue weighted by atomic mass is 10.1. The fraction of sp³-hybridized carbons (Fsp3) is 0.250. The number of anilines is 1. The minimum Gasteiger partial charge on any atom is -0.293 e. The van der Waals surface area contributed by atoms with E-state index in [2.05, 4.69) is 14.9 Å². The van der Waals surface area contributed by atoms with Gasteiger partial charge >= 0.3 is 0 Å². The van der Waals surface area contributed by atoms with E-state index in [1.54, 1.807) is 24.3 Å². The molecule has 21 heavy (non-hydrogen) atoms. The molecule has 1 aromatic heterocycles. The highest BCUT2D eigenvalue weighted by Crippen LogP contribution is 2.23. The molecule has 0 amide bonds. The SMILES string of the molecule is Cc1nnc(SCC(=O)c2ccc(NS(C)(=O)=O)cc2)s1. The summed E-state index contributed by atoms with van der Waals surface area (Å²) in [5.41, 5.74) is 0.962. The van der Waals surface area contributed by atoms with Crippen LogP contribution < -0.4 is 4.72 Å². The van der Waals surface area contributed by atoms with Gasteiger partial charge in [0.25, 0.3) is 0 Å². The Bertz CT molecular complexity index is 739. The number of carbonyl (C=O) groups is 1. The van der Waals surface area contributed by atoms with Crippen LogP contribution in [0.25, 0.3) is 0 Å². The fourth-order valence-corrected chi connectivity index (χ4v) is 3.76. The largest absolute Gasteiger partial charge is 0.293 e. The second-order valence-electron chi connectivity index (χ2n) is 4.25. The average molecular weight is 343 g/mol. The highest BCUT2D eigenvalue weighted by Gasteiger charge is 2.10. The molecule has 2 rings (SSSR count). The van der Waals surface area contributed by atoms with Crippen LogP contribution in [0.15, 0.2) is 28.6 Å². The molecular weight excluding hydrogens is 330 g/mol. The number of Topliss-reactive ketones (excluding diaryl/α,β-unsaturated/α-hetero) is 1. The molecule has 0 unspecified atom stereocenters. The zero-order chi connectivity index (χ0) is 15.5. The lowest BCUT2D eigenvalue weighted by molar-refractivity contribution is 0.102. The Hall–Kier alpha value is -1.45. The Labute approximate surface area is 131 Å². The number of hydrogen-bond donors (Lipinski definition) is 1. The molecule has 0 radical (unpaired) electrons. The molecule has 112 valence electrons. The van der Waals surface area contributed by atoms with Crippen LogP contribution >= 0.6 is 23.1 Å². The second kappa shape index (κ2) is 6.54. The summed E-state index contributed by atoms with van der Waals surface area (Å²) in [7, 11) is -3.31. The lowest BCUT2D eigenvalue weighted by Gasteiger charge is -2.04. The van der Waals surface area contributed by atoms with Gasteiger partial charge in [-0.05, 0) is 31.2 Å². The molecular formula is C12H13N3O3S3. The molecule has 0 aliphatic carbocycles. The molecule has 0 saturated carbocycles. The molecule has 2 aromatic rings. The van der Waals surface area contributed by atoms with E-state index in [0.29, 0.717) is 11.3 Å². The normalized spacial score (nSPS) is 11.3. The maximum atomic E-state index is 12.0. The van der Waals surface area contributed by atoms with Gasteiger partial charge in [0.05, 0.1) is 12.0 Å². The van der Waals surface area contributed by atoms with Crippen molar-refractivity contribution in [1.29, 1.82) is 0 Å². The van der Waals surface area contributed by atoms with E-state index < -0.39 is 10.0 Å². The molecule has 9 heteroatoms. The van der Waals surface area contributed by atoms with Gasteiger partial charge in [0, 0.05) is 11.3 Å². The maximum Gasteiger partial charge on any atom is 0.229 e. The number of benzene rings is 1. The van der Waals surface area contributed by atoms with E-state index in [0.717, 1.165) is 15.6 Å². The number of rotatable bonds is 6. The molecule has 1 aromatic carbocycles. The van der Waals surface area contributed by atoms with Gasteiger partial charge in [0.15, 0.2) is 10.1 Å². The Kier molecular flexibility index (Phi) is 4.96. The first-order chi connectivity index (χ1) is 9.83. The quantitative estimate of drug-likeness (QED) is 0.639. The van der Waals surface area contributed by atoms with Crippen molar-refractivity contribution in [2.24, 2.45) is 0 Å². The summed E-state index contributed by atoms with van der Waals surface area (Å²) in [5.74, 6) is 0.228. The molecule has 0 atom stereocenters. The third-order valence-corrected chi connectivity index (χ3v) is 4.92. The van der Waals surface area contributed by atoms with Gasteiger partial charge in [-0.2, -0.15) is 0 Å². The van der Waals surface area contributed by atoms with Crippen LogP contribution in [0.1, 0.15) is 15.4 Å². The molecule has 0 spiro atoms. The van der Waals surface area contributed by atoms with Gasteiger partial charge in [-0.1, -0.05) is 23.1 Å². The number of nitrogens with one attached hydrogen (secondary N) is 1. The number of nitrogens with zero attached hydrogens (tertiary/aromatic N) is 2. The van der Waals surface area contributed by atoms with E-state index in [1.165, 1.54) is 23.1 Å². The molecule has 0 saturated heterocycles. The summed E-state index contributed by atoms with van der Waals surface area (Å²) in [6.45, 7) is 1.86. The lowest BCUT2D eigenvalue weighted by Crippen LogP contribution is -2.10. The highest BCUT2D eigenvalue weighted by atomic mass is 32.2. The van der Waals surface area contributed by atoms with Crippen molar-refractivity contribution >= 4 is 44.6 Å². The number of aromatic nitrogens is 2. The predicted octanol–water partition coefficient (Wildman–Crippen LogP) is 2.19. The molecule has 0 bridgehead atoms. The molecule has 0 aliphatic rings. The van der Waals surface area contributed by atoms with E-state index in [-0.39, 0.29) is 11.5 Å². The Balaban J connectivity index is 1.96. The zero-order valence-electron chi connectivity index (χ0n) is 11.4. The first kappa shape index (κ1) is 15.9. The van der Waals surface area contributed by atoms with Gasteiger partial charge in [-0.15, -0.1) is 10.2 Å². The first-order valence-corrected chi connectivity index (χ1v) is 9.57. The van der Waals surface area contributed by atoms with Crippen molar-refractivity contribution in [3.63, 3.8) is 0 Å². The summed E-state index contributed by atoms with van der Waals surface area (Å²) in [4.78, 5) is 12.0. The molecule has 1 N–H and O–H groups in total. The first-order valence-electron chi connectivity index (χ1n) is 5.87. The second-order valence-corrected chi connectivity index (χ2v) is 8.40. The fourth-order valence-electron chi connectivity index (χ4n) is 1.49. The van der Waals surface area contributed by atoms with Crippen molar-refractivity contribution < 1.29 is 13.2 Å². The minimum absolute atomic E-state index is 0.0428. The van der Waals surface area contributed by atoms with E-state index in [4.69, 9.17) is 0 Å². The zero-order valence-corrected chi connectivity index (χ0v) is 13.8. The van der Waals surface area contributed by atoms with Crippen molar-refractivity contribution in [2.45, 2.75) is 11.3 Å². The Morgan fingerprint density at radius 2 is 1.95 bits per heavy atom. The van der Waals surface area contributed by atoms with Crippen LogP contribution in [-0.2, 0) is 10.0 Å². The highest BCUT2D eigenvalue weighted by molar-refractivity contribution is 8.01. The number of ketones is 1. The number of hydrogen-bond acceptors (Lipinski definition) is 7. The summed E-state index contributed by atoms with van der Waals surface area (Å²) in [5, 5.41) is 8.68. The van der Waals surface area contributed by atoms with Crippen molar-refractivity contribution in [3.05, 3.63) is 34.8 Å². The smallest absolute Gasteiger partial charge is 0.229 e. The van der Waals surface area contributed by atoms with E-state index in [9.17, 15) is 13.2 Å². The Morgan fingerprint density at radius 3 is 2.48 bits per heavy atom. The molecule has 6 nitrogen and oxygen atoms in total. The minimum atomic E-state index is -3.31. The molecule has 0 aliphatic heterocycles. The van der Waals surface area contributed by atoms with Gasteiger partial charge in [-0.25, -0.2) is 8.42 Å². The van der Waals surface area contributed by atoms with Crippen molar-refractivity contribution in [2.75, 3.05) is 16.7 Å². The Morgan fingerprint density at radius 1 is 1.29 bits per heavy atom. The average Bonchev–Trinajstić information content (AvgIpc) is 2.81. The standard InChI is InChI=1S/C12H13N3O3S3/c1-8-13-14-12(20-8)19-7-11(16)9-3-5-10(6-4-9)15-21(2,17)18/h3-6,15H,7H2,1-2H3. The third kappa shape index (κ3) is 5.10. The molecule has 1 heterocycles. The van der Waals surface area contributed by atoms with Crippen LogP contribution in [-0.4, -0.2) is 36.4 Å². The van der Waals surface area contributed by atoms with Crippen LogP contribution in [0.5, 0.6) is 0 Å². The van der Waals surface area contributed by atoms with Crippen molar-refractivity contribution in [1.82, 2.24) is 10.2 Å².